The van der Waals surface area contributed by atoms with Crippen LogP contribution in [-0.2, 0) is 16.2 Å². The van der Waals surface area contributed by atoms with Gasteiger partial charge in [0.2, 0.25) is 0 Å². The number of fused-ring (bicyclic) bond motifs is 1. The lowest BCUT2D eigenvalue weighted by atomic mass is 9.92. The molecule has 10 heteroatoms. The van der Waals surface area contributed by atoms with E-state index in [2.05, 4.69) is 75.1 Å². The molecule has 2 aliphatic rings. The van der Waals surface area contributed by atoms with Crippen LogP contribution in [0, 0.1) is 0 Å². The van der Waals surface area contributed by atoms with Crippen LogP contribution < -0.4 is 15.5 Å². The zero-order chi connectivity index (χ0) is 26.6. The Kier molecular flexibility index (Phi) is 8.34. The van der Waals surface area contributed by atoms with E-state index in [0.29, 0.717) is 26.5 Å². The van der Waals surface area contributed by atoms with E-state index < -0.39 is 13.7 Å². The number of nitrogens with zero attached hydrogens (tertiary/aromatic N) is 4. The number of morpholine rings is 1. The van der Waals surface area contributed by atoms with Crippen molar-refractivity contribution in [1.82, 2.24) is 19.9 Å². The van der Waals surface area contributed by atoms with Crippen LogP contribution in [0.5, 0.6) is 0 Å². The summed E-state index contributed by atoms with van der Waals surface area (Å²) >= 11 is 0. The van der Waals surface area contributed by atoms with Crippen LogP contribution in [0.4, 0.5) is 11.5 Å². The third kappa shape index (κ3) is 6.55. The van der Waals surface area contributed by atoms with Gasteiger partial charge in [0.15, 0.2) is 0 Å². The number of benzene rings is 1. The maximum atomic E-state index is 10.8. The monoisotopic (exact) mass is 538 g/mol. The van der Waals surface area contributed by atoms with E-state index in [1.165, 1.54) is 0 Å². The molecule has 0 unspecified atom stereocenters. The molecule has 0 atom stereocenters. The average molecular weight is 539 g/mol. The van der Waals surface area contributed by atoms with Gasteiger partial charge >= 0.3 is 0 Å². The Morgan fingerprint density at radius 1 is 1.11 bits per heavy atom. The molecular formula is C28H42N6O3Si. The number of rotatable bonds is 10. The second kappa shape index (κ2) is 11.7. The third-order valence-electron chi connectivity index (χ3n) is 7.53. The fraction of sp³-hybridized carbons (Fsp3) is 0.571. The minimum absolute atomic E-state index is 0.448. The van der Waals surface area contributed by atoms with Gasteiger partial charge in [-0.05, 0) is 55.7 Å². The van der Waals surface area contributed by atoms with Gasteiger partial charge < -0.3 is 34.7 Å². The summed E-state index contributed by atoms with van der Waals surface area (Å²) in [5.41, 5.74) is 3.39. The topological polar surface area (TPSA) is 96.7 Å². The van der Waals surface area contributed by atoms with Gasteiger partial charge in [-0.1, -0.05) is 31.8 Å². The molecule has 38 heavy (non-hydrogen) atoms. The van der Waals surface area contributed by atoms with Crippen molar-refractivity contribution in [3.05, 3.63) is 36.7 Å². The normalized spacial score (nSPS) is 18.2. The summed E-state index contributed by atoms with van der Waals surface area (Å²) in [5.74, 6) is 0.953. The summed E-state index contributed by atoms with van der Waals surface area (Å²) in [4.78, 5) is 11.6. The fourth-order valence-electron chi connectivity index (χ4n) is 5.08. The van der Waals surface area contributed by atoms with Crippen molar-refractivity contribution < 1.29 is 14.6 Å². The summed E-state index contributed by atoms with van der Waals surface area (Å²) in [6.45, 7) is 13.6. The first kappa shape index (κ1) is 27.1. The first-order valence-corrected chi connectivity index (χ1v) is 17.5. The summed E-state index contributed by atoms with van der Waals surface area (Å²) < 4.78 is 13.9. The number of piperidine rings is 1. The molecule has 0 saturated carbocycles. The average Bonchev–Trinajstić information content (AvgIpc) is 3.29. The molecule has 0 bridgehead atoms. The first-order chi connectivity index (χ1) is 18.3. The highest BCUT2D eigenvalue weighted by Gasteiger charge is 2.28. The molecule has 1 aromatic carbocycles. The van der Waals surface area contributed by atoms with E-state index in [4.69, 9.17) is 14.5 Å². The largest absolute Gasteiger partial charge is 0.388 e. The number of hydrogen-bond acceptors (Lipinski definition) is 8. The van der Waals surface area contributed by atoms with E-state index in [0.717, 1.165) is 85.5 Å². The van der Waals surface area contributed by atoms with Gasteiger partial charge in [-0.15, -0.1) is 0 Å². The summed E-state index contributed by atoms with van der Waals surface area (Å²) in [6.07, 6.45) is 3.19. The van der Waals surface area contributed by atoms with Crippen LogP contribution in [-0.4, -0.2) is 85.9 Å². The number of anilines is 2. The fourth-order valence-corrected chi connectivity index (χ4v) is 5.83. The molecule has 2 aromatic heterocycles. The number of ether oxygens (including phenoxy) is 2. The Bertz CT molecular complexity index is 1200. The Labute approximate surface area is 226 Å². The maximum absolute atomic E-state index is 10.8. The van der Waals surface area contributed by atoms with Crippen LogP contribution in [0.1, 0.15) is 12.8 Å². The van der Waals surface area contributed by atoms with Gasteiger partial charge in [0.1, 0.15) is 24.5 Å². The van der Waals surface area contributed by atoms with Crippen molar-refractivity contribution in [3.63, 3.8) is 0 Å². The zero-order valence-electron chi connectivity index (χ0n) is 23.0. The molecule has 0 aliphatic carbocycles. The van der Waals surface area contributed by atoms with Crippen LogP contribution in [0.3, 0.4) is 0 Å². The Balaban J connectivity index is 1.40. The van der Waals surface area contributed by atoms with Gasteiger partial charge in [-0.2, -0.15) is 0 Å². The van der Waals surface area contributed by atoms with Gasteiger partial charge in [0.05, 0.1) is 29.9 Å². The zero-order valence-corrected chi connectivity index (χ0v) is 24.0. The lowest BCUT2D eigenvalue weighted by molar-refractivity contribution is 0.0232. The molecule has 3 aromatic rings. The molecule has 0 spiro atoms. The second-order valence-electron chi connectivity index (χ2n) is 11.7. The Morgan fingerprint density at radius 2 is 1.84 bits per heavy atom. The van der Waals surface area contributed by atoms with Crippen LogP contribution in [0.15, 0.2) is 36.7 Å². The number of aromatic nitrogens is 3. The number of hydrogen-bond donors (Lipinski definition) is 3. The van der Waals surface area contributed by atoms with Gasteiger partial charge in [0.25, 0.3) is 0 Å². The van der Waals surface area contributed by atoms with Crippen molar-refractivity contribution in [3.8, 4) is 11.3 Å². The summed E-state index contributed by atoms with van der Waals surface area (Å²) in [5, 5.41) is 18.6. The molecule has 206 valence electrons. The quantitative estimate of drug-likeness (QED) is 0.265. The van der Waals surface area contributed by atoms with E-state index in [-0.39, 0.29) is 0 Å². The van der Waals surface area contributed by atoms with Crippen molar-refractivity contribution in [1.29, 1.82) is 0 Å². The van der Waals surface area contributed by atoms with Gasteiger partial charge in [0, 0.05) is 40.0 Å². The highest BCUT2D eigenvalue weighted by Crippen LogP contribution is 2.33. The highest BCUT2D eigenvalue weighted by molar-refractivity contribution is 6.76. The van der Waals surface area contributed by atoms with Crippen LogP contribution in [0.25, 0.3) is 22.3 Å². The predicted molar refractivity (Wildman–Crippen MR) is 156 cm³/mol. The minimum Gasteiger partial charge on any atom is -0.388 e. The second-order valence-corrected chi connectivity index (χ2v) is 17.4. The molecule has 5 rings (SSSR count). The molecule has 2 saturated heterocycles. The molecule has 2 aliphatic heterocycles. The lowest BCUT2D eigenvalue weighted by Gasteiger charge is -2.33. The minimum atomic E-state index is -1.18. The van der Waals surface area contributed by atoms with Crippen molar-refractivity contribution >= 4 is 30.6 Å². The van der Waals surface area contributed by atoms with Crippen LogP contribution in [0.2, 0.25) is 25.7 Å². The van der Waals surface area contributed by atoms with E-state index >= 15 is 0 Å². The van der Waals surface area contributed by atoms with Crippen molar-refractivity contribution in [2.75, 3.05) is 62.8 Å². The van der Waals surface area contributed by atoms with E-state index in [9.17, 15) is 5.11 Å². The summed E-state index contributed by atoms with van der Waals surface area (Å²) in [7, 11) is -1.18. The van der Waals surface area contributed by atoms with Gasteiger partial charge in [-0.25, -0.2) is 9.97 Å². The SMILES string of the molecule is C[Si](C)(C)CCOCn1c(-c2ccc(NCC3(O)CCNCC3)cc2)cc2c(N3CCOCC3)ncnc21. The molecule has 3 N–H and O–H groups in total. The molecule has 2 fully saturated rings. The van der Waals surface area contributed by atoms with E-state index in [1.807, 2.05) is 0 Å². The van der Waals surface area contributed by atoms with E-state index in [1.54, 1.807) is 6.33 Å². The molecule has 9 nitrogen and oxygen atoms in total. The molecule has 4 heterocycles. The molecular weight excluding hydrogens is 496 g/mol. The molecule has 0 amide bonds. The third-order valence-corrected chi connectivity index (χ3v) is 9.24. The Hall–Kier alpha value is -2.50. The Morgan fingerprint density at radius 3 is 2.55 bits per heavy atom. The molecule has 0 radical (unpaired) electrons. The summed E-state index contributed by atoms with van der Waals surface area (Å²) in [6, 6.07) is 11.7. The predicted octanol–water partition coefficient (Wildman–Crippen LogP) is 3.77. The van der Waals surface area contributed by atoms with Crippen LogP contribution >= 0.6 is 0 Å². The van der Waals surface area contributed by atoms with Crippen molar-refractivity contribution in [2.24, 2.45) is 0 Å². The highest BCUT2D eigenvalue weighted by atomic mass is 28.3. The maximum Gasteiger partial charge on any atom is 0.147 e. The lowest BCUT2D eigenvalue weighted by Crippen LogP contribution is -2.46. The van der Waals surface area contributed by atoms with Crippen molar-refractivity contribution in [2.45, 2.75) is 50.9 Å². The standard InChI is InChI=1S/C28H42N6O3Si/c1-38(2,3)17-16-37-21-34-25(18-24-26(31-20-32-27(24)34)33-12-14-36-15-13-33)22-4-6-23(7-5-22)30-19-28(35)8-10-29-11-9-28/h4-7,18,20,29-30,35H,8-17,19,21H2,1-3H3. The smallest absolute Gasteiger partial charge is 0.147 e. The van der Waals surface area contributed by atoms with Gasteiger partial charge in [-0.3, -0.25) is 0 Å². The first-order valence-electron chi connectivity index (χ1n) is 13.8. The number of aliphatic hydroxyl groups is 1. The number of nitrogens with one attached hydrogen (secondary N) is 2.